The van der Waals surface area contributed by atoms with E-state index in [1.165, 1.54) is 6.26 Å². The Kier molecular flexibility index (Phi) is 5.25. The normalized spacial score (nSPS) is 10.5. The van der Waals surface area contributed by atoms with Crippen LogP contribution in [0.4, 0.5) is 11.4 Å². The number of furan rings is 1. The molecule has 3 aromatic carbocycles. The summed E-state index contributed by atoms with van der Waals surface area (Å²) in [6.07, 6.45) is 1.43. The van der Waals surface area contributed by atoms with E-state index in [-0.39, 0.29) is 24.2 Å². The SMILES string of the molecule is O=C(COc1ccc2ccccc2c1)Nc1cccc(NC(=O)c2ccco2)c1. The van der Waals surface area contributed by atoms with Crippen LogP contribution >= 0.6 is 0 Å². The van der Waals surface area contributed by atoms with Gasteiger partial charge >= 0.3 is 0 Å². The lowest BCUT2D eigenvalue weighted by molar-refractivity contribution is -0.118. The summed E-state index contributed by atoms with van der Waals surface area (Å²) < 4.78 is 10.7. The number of hydrogen-bond acceptors (Lipinski definition) is 4. The molecule has 0 atom stereocenters. The summed E-state index contributed by atoms with van der Waals surface area (Å²) in [5.41, 5.74) is 1.09. The van der Waals surface area contributed by atoms with Crippen LogP contribution in [-0.2, 0) is 4.79 Å². The number of carbonyl (C=O) groups excluding carboxylic acids is 2. The van der Waals surface area contributed by atoms with Crippen LogP contribution in [-0.4, -0.2) is 18.4 Å². The van der Waals surface area contributed by atoms with E-state index in [1.807, 2.05) is 42.5 Å². The summed E-state index contributed by atoms with van der Waals surface area (Å²) in [5.74, 6) is 0.173. The first-order valence-corrected chi connectivity index (χ1v) is 9.04. The van der Waals surface area contributed by atoms with E-state index < -0.39 is 0 Å². The molecule has 0 radical (unpaired) electrons. The molecular weight excluding hydrogens is 368 g/mol. The predicted molar refractivity (Wildman–Crippen MR) is 111 cm³/mol. The van der Waals surface area contributed by atoms with Crippen LogP contribution in [0, 0.1) is 0 Å². The van der Waals surface area contributed by atoms with Crippen molar-refractivity contribution in [1.82, 2.24) is 0 Å². The van der Waals surface area contributed by atoms with Crippen LogP contribution in [0.3, 0.4) is 0 Å². The van der Waals surface area contributed by atoms with E-state index in [2.05, 4.69) is 10.6 Å². The molecule has 0 unspecified atom stereocenters. The van der Waals surface area contributed by atoms with Gasteiger partial charge in [-0.15, -0.1) is 0 Å². The minimum absolute atomic E-state index is 0.124. The van der Waals surface area contributed by atoms with E-state index >= 15 is 0 Å². The maximum absolute atomic E-state index is 12.2. The summed E-state index contributed by atoms with van der Waals surface area (Å²) in [4.78, 5) is 24.3. The van der Waals surface area contributed by atoms with Gasteiger partial charge in [0.1, 0.15) is 5.75 Å². The molecule has 1 heterocycles. The van der Waals surface area contributed by atoms with Gasteiger partial charge in [0.05, 0.1) is 6.26 Å². The second kappa shape index (κ2) is 8.31. The van der Waals surface area contributed by atoms with Gasteiger partial charge in [-0.05, 0) is 53.2 Å². The summed E-state index contributed by atoms with van der Waals surface area (Å²) in [7, 11) is 0. The standard InChI is InChI=1S/C23H18N2O4/c26-22(15-29-20-11-10-16-5-1-2-6-17(16)13-20)24-18-7-3-8-19(14-18)25-23(27)21-9-4-12-28-21/h1-14H,15H2,(H,24,26)(H,25,27). The van der Waals surface area contributed by atoms with Crippen molar-refractivity contribution in [3.05, 3.63) is 90.9 Å². The lowest BCUT2D eigenvalue weighted by atomic mass is 10.1. The van der Waals surface area contributed by atoms with Gasteiger partial charge in [0, 0.05) is 11.4 Å². The number of benzene rings is 3. The first-order chi connectivity index (χ1) is 14.2. The second-order valence-corrected chi connectivity index (χ2v) is 6.36. The van der Waals surface area contributed by atoms with E-state index in [9.17, 15) is 9.59 Å². The molecule has 0 fully saturated rings. The Balaban J connectivity index is 1.34. The Bertz CT molecular complexity index is 1150. The van der Waals surface area contributed by atoms with E-state index in [0.717, 1.165) is 10.8 Å². The number of ether oxygens (including phenoxy) is 1. The zero-order valence-electron chi connectivity index (χ0n) is 15.4. The lowest BCUT2D eigenvalue weighted by Gasteiger charge is -2.10. The molecule has 6 nitrogen and oxygen atoms in total. The third kappa shape index (κ3) is 4.62. The molecule has 0 saturated carbocycles. The molecule has 2 amide bonds. The maximum atomic E-state index is 12.2. The van der Waals surface area contributed by atoms with Crippen LogP contribution in [0.1, 0.15) is 10.6 Å². The number of nitrogens with one attached hydrogen (secondary N) is 2. The van der Waals surface area contributed by atoms with E-state index in [0.29, 0.717) is 17.1 Å². The van der Waals surface area contributed by atoms with E-state index in [1.54, 1.807) is 36.4 Å². The maximum Gasteiger partial charge on any atom is 0.291 e. The van der Waals surface area contributed by atoms with Gasteiger partial charge in [-0.2, -0.15) is 0 Å². The molecule has 144 valence electrons. The number of hydrogen-bond donors (Lipinski definition) is 2. The molecule has 4 rings (SSSR count). The summed E-state index contributed by atoms with van der Waals surface area (Å²) >= 11 is 0. The fraction of sp³-hybridized carbons (Fsp3) is 0.0435. The quantitative estimate of drug-likeness (QED) is 0.503. The Hall–Kier alpha value is -4.06. The molecule has 0 bridgehead atoms. The van der Waals surface area contributed by atoms with Gasteiger partial charge in [0.15, 0.2) is 12.4 Å². The highest BCUT2D eigenvalue weighted by atomic mass is 16.5. The van der Waals surface area contributed by atoms with Gasteiger partial charge in [-0.3, -0.25) is 9.59 Å². The molecule has 1 aromatic heterocycles. The number of amides is 2. The van der Waals surface area contributed by atoms with Crippen molar-refractivity contribution in [2.45, 2.75) is 0 Å². The third-order valence-electron chi connectivity index (χ3n) is 4.24. The second-order valence-electron chi connectivity index (χ2n) is 6.36. The summed E-state index contributed by atoms with van der Waals surface area (Å²) in [6, 6.07) is 23.7. The first kappa shape index (κ1) is 18.3. The Morgan fingerprint density at radius 3 is 2.38 bits per heavy atom. The van der Waals surface area contributed by atoms with Crippen molar-refractivity contribution in [2.24, 2.45) is 0 Å². The first-order valence-electron chi connectivity index (χ1n) is 9.04. The van der Waals surface area contributed by atoms with Crippen molar-refractivity contribution < 1.29 is 18.7 Å². The minimum atomic E-state index is -0.363. The molecule has 0 spiro atoms. The molecule has 29 heavy (non-hydrogen) atoms. The van der Waals surface area contributed by atoms with Gasteiger partial charge in [0.2, 0.25) is 0 Å². The molecule has 0 aliphatic carbocycles. The molecule has 0 aliphatic heterocycles. The molecule has 2 N–H and O–H groups in total. The number of anilines is 2. The van der Waals surface area contributed by atoms with Gasteiger partial charge in [-0.25, -0.2) is 0 Å². The largest absolute Gasteiger partial charge is 0.484 e. The van der Waals surface area contributed by atoms with Crippen LogP contribution in [0.2, 0.25) is 0 Å². The monoisotopic (exact) mass is 386 g/mol. The molecule has 4 aromatic rings. The zero-order chi connectivity index (χ0) is 20.1. The third-order valence-corrected chi connectivity index (χ3v) is 4.24. The van der Waals surface area contributed by atoms with Gasteiger partial charge < -0.3 is 19.8 Å². The molecule has 0 saturated heterocycles. The van der Waals surface area contributed by atoms with Gasteiger partial charge in [-0.1, -0.05) is 36.4 Å². The molecule has 6 heteroatoms. The van der Waals surface area contributed by atoms with Crippen LogP contribution in [0.15, 0.2) is 89.5 Å². The topological polar surface area (TPSA) is 80.6 Å². The molecular formula is C23H18N2O4. The number of rotatable bonds is 6. The minimum Gasteiger partial charge on any atom is -0.484 e. The highest BCUT2D eigenvalue weighted by Gasteiger charge is 2.10. The lowest BCUT2D eigenvalue weighted by Crippen LogP contribution is -2.20. The van der Waals surface area contributed by atoms with E-state index in [4.69, 9.17) is 9.15 Å². The summed E-state index contributed by atoms with van der Waals surface area (Å²) in [6.45, 7) is -0.124. The van der Waals surface area contributed by atoms with Crippen LogP contribution in [0.25, 0.3) is 10.8 Å². The van der Waals surface area contributed by atoms with Crippen molar-refractivity contribution in [3.63, 3.8) is 0 Å². The molecule has 0 aliphatic rings. The Morgan fingerprint density at radius 1 is 0.793 bits per heavy atom. The highest BCUT2D eigenvalue weighted by molar-refractivity contribution is 6.02. The smallest absolute Gasteiger partial charge is 0.291 e. The predicted octanol–water partition coefficient (Wildman–Crippen LogP) is 4.70. The van der Waals surface area contributed by atoms with Crippen molar-refractivity contribution >= 4 is 34.0 Å². The van der Waals surface area contributed by atoms with Crippen LogP contribution in [0.5, 0.6) is 5.75 Å². The number of carbonyl (C=O) groups is 2. The Morgan fingerprint density at radius 2 is 1.59 bits per heavy atom. The van der Waals surface area contributed by atoms with Crippen LogP contribution < -0.4 is 15.4 Å². The summed E-state index contributed by atoms with van der Waals surface area (Å²) in [5, 5.41) is 7.63. The number of fused-ring (bicyclic) bond motifs is 1. The average Bonchev–Trinajstić information content (AvgIpc) is 3.27. The fourth-order valence-electron chi connectivity index (χ4n) is 2.88. The zero-order valence-corrected chi connectivity index (χ0v) is 15.4. The van der Waals surface area contributed by atoms with Crippen molar-refractivity contribution in [1.29, 1.82) is 0 Å². The van der Waals surface area contributed by atoms with Crippen molar-refractivity contribution in [2.75, 3.05) is 17.2 Å². The average molecular weight is 386 g/mol. The highest BCUT2D eigenvalue weighted by Crippen LogP contribution is 2.21. The Labute approximate surface area is 167 Å². The van der Waals surface area contributed by atoms with Crippen molar-refractivity contribution in [3.8, 4) is 5.75 Å². The fourth-order valence-corrected chi connectivity index (χ4v) is 2.88. The van der Waals surface area contributed by atoms with Gasteiger partial charge in [0.25, 0.3) is 11.8 Å².